The highest BCUT2D eigenvalue weighted by atomic mass is 16.3. The number of rotatable bonds is 5. The van der Waals surface area contributed by atoms with E-state index in [0.717, 1.165) is 25.7 Å². The van der Waals surface area contributed by atoms with Gasteiger partial charge in [-0.25, -0.2) is 0 Å². The van der Waals surface area contributed by atoms with Gasteiger partial charge in [0.1, 0.15) is 11.2 Å². The second-order valence-corrected chi connectivity index (χ2v) is 10.8. The Bertz CT molecular complexity index is 647. The molecule has 28 heavy (non-hydrogen) atoms. The van der Waals surface area contributed by atoms with E-state index >= 15 is 0 Å². The summed E-state index contributed by atoms with van der Waals surface area (Å²) in [6.07, 6.45) is 14.7. The molecule has 2 rings (SSSR count). The summed E-state index contributed by atoms with van der Waals surface area (Å²) in [6, 6.07) is 0. The fraction of sp³-hybridized carbons (Fsp3) is 0.692. The van der Waals surface area contributed by atoms with Crippen LogP contribution in [0.3, 0.4) is 0 Å². The lowest BCUT2D eigenvalue weighted by Crippen LogP contribution is -2.47. The Morgan fingerprint density at radius 3 is 1.32 bits per heavy atom. The van der Waals surface area contributed by atoms with Crippen molar-refractivity contribution in [2.75, 3.05) is 0 Å². The maximum absolute atomic E-state index is 11.1. The molecule has 0 bridgehead atoms. The van der Waals surface area contributed by atoms with E-state index in [9.17, 15) is 10.2 Å². The molecule has 158 valence electrons. The third kappa shape index (κ3) is 4.89. The van der Waals surface area contributed by atoms with E-state index in [2.05, 4.69) is 41.5 Å². The largest absolute Gasteiger partial charge is 0.383 e. The van der Waals surface area contributed by atoms with E-state index in [-0.39, 0.29) is 10.8 Å². The van der Waals surface area contributed by atoms with Crippen molar-refractivity contribution in [2.24, 2.45) is 10.8 Å². The molecule has 2 aliphatic carbocycles. The molecular weight excluding hydrogens is 344 g/mol. The fourth-order valence-electron chi connectivity index (χ4n) is 4.85. The van der Waals surface area contributed by atoms with Crippen LogP contribution in [0.15, 0.2) is 46.6 Å². The Kier molecular flexibility index (Phi) is 6.58. The van der Waals surface area contributed by atoms with Crippen LogP contribution in [0.4, 0.5) is 0 Å². The van der Waals surface area contributed by atoms with Crippen LogP contribution in [-0.2, 0) is 0 Å². The maximum atomic E-state index is 11.1. The van der Waals surface area contributed by atoms with Gasteiger partial charge in [-0.1, -0.05) is 51.0 Å². The van der Waals surface area contributed by atoms with Gasteiger partial charge in [0.25, 0.3) is 0 Å². The Labute approximate surface area is 173 Å². The summed E-state index contributed by atoms with van der Waals surface area (Å²) in [5.74, 6) is 0. The first-order chi connectivity index (χ1) is 12.7. The van der Waals surface area contributed by atoms with E-state index in [0.29, 0.717) is 0 Å². The van der Waals surface area contributed by atoms with Gasteiger partial charge >= 0.3 is 0 Å². The Morgan fingerprint density at radius 1 is 0.714 bits per heavy atom. The average Bonchev–Trinajstić information content (AvgIpc) is 2.52. The third-order valence-electron chi connectivity index (χ3n) is 7.26. The van der Waals surface area contributed by atoms with Crippen molar-refractivity contribution < 1.29 is 10.2 Å². The minimum atomic E-state index is -1.35. The van der Waals surface area contributed by atoms with E-state index in [4.69, 9.17) is 0 Å². The van der Waals surface area contributed by atoms with Crippen molar-refractivity contribution in [2.45, 2.75) is 105 Å². The normalized spacial score (nSPS) is 27.4. The van der Waals surface area contributed by atoms with Crippen LogP contribution in [0.1, 0.15) is 93.9 Å². The monoisotopic (exact) mass is 386 g/mol. The van der Waals surface area contributed by atoms with Crippen LogP contribution in [0, 0.1) is 10.8 Å². The molecule has 0 fully saturated rings. The Morgan fingerprint density at radius 2 is 1.04 bits per heavy atom. The fourth-order valence-corrected chi connectivity index (χ4v) is 4.85. The lowest BCUT2D eigenvalue weighted by molar-refractivity contribution is -0.0685. The van der Waals surface area contributed by atoms with Crippen LogP contribution < -0.4 is 0 Å². The Balaban J connectivity index is 2.28. The summed E-state index contributed by atoms with van der Waals surface area (Å²) in [4.78, 5) is 0. The summed E-state index contributed by atoms with van der Waals surface area (Å²) in [7, 11) is 0. The van der Waals surface area contributed by atoms with Crippen molar-refractivity contribution >= 4 is 0 Å². The molecule has 2 atom stereocenters. The van der Waals surface area contributed by atoms with Crippen LogP contribution >= 0.6 is 0 Å². The second-order valence-electron chi connectivity index (χ2n) is 10.8. The first-order valence-electron chi connectivity index (χ1n) is 10.9. The second kappa shape index (κ2) is 7.95. The number of hydrogen-bond acceptors (Lipinski definition) is 2. The molecule has 0 saturated heterocycles. The van der Waals surface area contributed by atoms with Crippen molar-refractivity contribution in [1.82, 2.24) is 0 Å². The van der Waals surface area contributed by atoms with Gasteiger partial charge in [-0.3, -0.25) is 0 Å². The van der Waals surface area contributed by atoms with Crippen molar-refractivity contribution in [3.63, 3.8) is 0 Å². The lowest BCUT2D eigenvalue weighted by Gasteiger charge is -2.37. The molecule has 0 aromatic heterocycles. The van der Waals surface area contributed by atoms with Gasteiger partial charge in [0.15, 0.2) is 0 Å². The summed E-state index contributed by atoms with van der Waals surface area (Å²) in [6.45, 7) is 16.8. The number of allylic oxidation sites excluding steroid dienone is 6. The average molecular weight is 387 g/mol. The Hall–Kier alpha value is -1.12. The summed E-state index contributed by atoms with van der Waals surface area (Å²) in [5, 5.41) is 22.3. The van der Waals surface area contributed by atoms with Crippen LogP contribution in [0.5, 0.6) is 0 Å². The predicted octanol–water partition coefficient (Wildman–Crippen LogP) is 6.65. The van der Waals surface area contributed by atoms with Crippen LogP contribution in [-0.4, -0.2) is 21.4 Å². The molecule has 2 nitrogen and oxygen atoms in total. The van der Waals surface area contributed by atoms with E-state index < -0.39 is 11.2 Å². The van der Waals surface area contributed by atoms with Gasteiger partial charge in [0.05, 0.1) is 0 Å². The van der Waals surface area contributed by atoms with Gasteiger partial charge in [-0.15, -0.1) is 0 Å². The standard InChI is InChI=1S/C26H42O2/c1-19-11-9-15-23(3,4)21(19)13-17-25(7,27)26(8,28)18-14-22-20(2)12-10-16-24(22,5)6/h13-14,17-18,27-28H,9-12,15-16H2,1-8H3. The van der Waals surface area contributed by atoms with Crippen LogP contribution in [0.2, 0.25) is 0 Å². The highest BCUT2D eigenvalue weighted by Gasteiger charge is 2.39. The topological polar surface area (TPSA) is 40.5 Å². The molecule has 0 heterocycles. The minimum absolute atomic E-state index is 0.116. The van der Waals surface area contributed by atoms with E-state index in [1.54, 1.807) is 26.0 Å². The van der Waals surface area contributed by atoms with Gasteiger partial charge in [0.2, 0.25) is 0 Å². The zero-order valence-electron chi connectivity index (χ0n) is 19.4. The molecule has 0 amide bonds. The zero-order chi connectivity index (χ0) is 21.4. The van der Waals surface area contributed by atoms with E-state index in [1.165, 1.54) is 35.1 Å². The quantitative estimate of drug-likeness (QED) is 0.555. The summed E-state index contributed by atoms with van der Waals surface area (Å²) in [5.41, 5.74) is 2.91. The van der Waals surface area contributed by atoms with Gasteiger partial charge in [-0.05, 0) is 100 Å². The molecule has 0 aromatic rings. The molecular formula is C26H42O2. The maximum Gasteiger partial charge on any atom is 0.112 e. The van der Waals surface area contributed by atoms with Crippen molar-refractivity contribution in [3.8, 4) is 0 Å². The molecule has 2 aliphatic rings. The third-order valence-corrected chi connectivity index (χ3v) is 7.26. The predicted molar refractivity (Wildman–Crippen MR) is 120 cm³/mol. The van der Waals surface area contributed by atoms with Crippen molar-refractivity contribution in [3.05, 3.63) is 46.6 Å². The van der Waals surface area contributed by atoms with Crippen LogP contribution in [0.25, 0.3) is 0 Å². The first kappa shape index (κ1) is 23.2. The van der Waals surface area contributed by atoms with Gasteiger partial charge in [-0.2, -0.15) is 0 Å². The molecule has 2 heteroatoms. The van der Waals surface area contributed by atoms with Gasteiger partial charge < -0.3 is 10.2 Å². The molecule has 0 radical (unpaired) electrons. The zero-order valence-corrected chi connectivity index (χ0v) is 19.4. The summed E-state index contributed by atoms with van der Waals surface area (Å²) < 4.78 is 0. The molecule has 0 aromatic carbocycles. The highest BCUT2D eigenvalue weighted by Crippen LogP contribution is 2.43. The molecule has 2 N–H and O–H groups in total. The number of aliphatic hydroxyl groups is 2. The first-order valence-corrected chi connectivity index (χ1v) is 10.9. The van der Waals surface area contributed by atoms with Crippen molar-refractivity contribution in [1.29, 1.82) is 0 Å². The minimum Gasteiger partial charge on any atom is -0.383 e. The molecule has 0 saturated carbocycles. The molecule has 2 unspecified atom stereocenters. The smallest absolute Gasteiger partial charge is 0.112 e. The SMILES string of the molecule is CC1=C(C=CC(C)(O)C(C)(O)C=CC2=C(C)CCCC2(C)C)C(C)(C)CCC1. The highest BCUT2D eigenvalue weighted by molar-refractivity contribution is 5.37. The van der Waals surface area contributed by atoms with Gasteiger partial charge in [0, 0.05) is 0 Å². The van der Waals surface area contributed by atoms with E-state index in [1.807, 2.05) is 12.2 Å². The molecule has 0 spiro atoms. The summed E-state index contributed by atoms with van der Waals surface area (Å²) >= 11 is 0. The lowest BCUT2D eigenvalue weighted by atomic mass is 9.71. The molecule has 0 aliphatic heterocycles. The number of hydrogen-bond donors (Lipinski definition) is 2.